The van der Waals surface area contributed by atoms with Gasteiger partial charge in [0.25, 0.3) is 5.56 Å². The lowest BCUT2D eigenvalue weighted by molar-refractivity contribution is -0.137. The molecule has 5 nitrogen and oxygen atoms in total. The number of H-pyrrole nitrogens is 1. The molecule has 2 aromatic heterocycles. The summed E-state index contributed by atoms with van der Waals surface area (Å²) in [6.45, 7) is 6.86. The summed E-state index contributed by atoms with van der Waals surface area (Å²) in [5.74, 6) is 1.29. The van der Waals surface area contributed by atoms with E-state index in [9.17, 15) is 18.0 Å². The van der Waals surface area contributed by atoms with Crippen LogP contribution in [0.2, 0.25) is 0 Å². The Balaban J connectivity index is 1.32. The van der Waals surface area contributed by atoms with Gasteiger partial charge in [0.15, 0.2) is 0 Å². The number of piperazine rings is 1. The Bertz CT molecular complexity index is 1230. The minimum atomic E-state index is -4.35. The number of aryl methyl sites for hydroxylation is 1. The van der Waals surface area contributed by atoms with Crippen LogP contribution in [0, 0.1) is 5.92 Å². The van der Waals surface area contributed by atoms with Crippen LogP contribution in [0.4, 0.5) is 18.9 Å². The summed E-state index contributed by atoms with van der Waals surface area (Å²) in [6, 6.07) is 5.41. The fourth-order valence-corrected chi connectivity index (χ4v) is 6.37. The van der Waals surface area contributed by atoms with Crippen molar-refractivity contribution in [1.82, 2.24) is 14.9 Å². The van der Waals surface area contributed by atoms with Crippen molar-refractivity contribution in [2.75, 3.05) is 31.1 Å². The van der Waals surface area contributed by atoms with Gasteiger partial charge < -0.3 is 9.88 Å². The van der Waals surface area contributed by atoms with E-state index in [-0.39, 0.29) is 11.6 Å². The number of fused-ring (bicyclic) bond motifs is 3. The summed E-state index contributed by atoms with van der Waals surface area (Å²) >= 11 is 1.65. The van der Waals surface area contributed by atoms with Crippen LogP contribution >= 0.6 is 11.3 Å². The number of rotatable bonds is 3. The number of anilines is 1. The van der Waals surface area contributed by atoms with Gasteiger partial charge in [-0.3, -0.25) is 9.69 Å². The van der Waals surface area contributed by atoms with Crippen LogP contribution in [0.5, 0.6) is 0 Å². The lowest BCUT2D eigenvalue weighted by atomic mass is 9.89. The summed E-state index contributed by atoms with van der Waals surface area (Å²) < 4.78 is 39.2. The Labute approximate surface area is 194 Å². The molecule has 0 spiro atoms. The monoisotopic (exact) mass is 476 g/mol. The lowest BCUT2D eigenvalue weighted by Crippen LogP contribution is -2.47. The molecule has 176 valence electrons. The molecule has 1 aromatic carbocycles. The Hall–Kier alpha value is -2.39. The molecule has 2 unspecified atom stereocenters. The van der Waals surface area contributed by atoms with Gasteiger partial charge in [0.05, 0.1) is 17.0 Å². The van der Waals surface area contributed by atoms with Crippen molar-refractivity contribution in [3.05, 3.63) is 56.4 Å². The molecule has 5 rings (SSSR count). The number of nitrogens with zero attached hydrogens (tertiary/aromatic N) is 3. The molecule has 3 aromatic rings. The molecule has 0 saturated carbocycles. The number of hydrogen-bond acceptors (Lipinski definition) is 5. The van der Waals surface area contributed by atoms with Crippen molar-refractivity contribution in [2.45, 2.75) is 45.3 Å². The molecule has 1 aliphatic heterocycles. The van der Waals surface area contributed by atoms with E-state index in [1.807, 2.05) is 11.8 Å². The van der Waals surface area contributed by atoms with Gasteiger partial charge in [-0.1, -0.05) is 13.0 Å². The largest absolute Gasteiger partial charge is 0.416 e. The second-order valence-corrected chi connectivity index (χ2v) is 10.3. The Morgan fingerprint density at radius 2 is 1.97 bits per heavy atom. The van der Waals surface area contributed by atoms with Crippen LogP contribution in [0.25, 0.3) is 10.2 Å². The quantitative estimate of drug-likeness (QED) is 0.577. The predicted molar refractivity (Wildman–Crippen MR) is 125 cm³/mol. The molecular weight excluding hydrogens is 449 g/mol. The highest BCUT2D eigenvalue weighted by Gasteiger charge is 2.32. The Kier molecular flexibility index (Phi) is 5.73. The minimum absolute atomic E-state index is 0.0588. The summed E-state index contributed by atoms with van der Waals surface area (Å²) in [5.41, 5.74) is 1.08. The molecular formula is C24H27F3N4OS. The van der Waals surface area contributed by atoms with E-state index in [0.29, 0.717) is 43.6 Å². The number of halogens is 3. The van der Waals surface area contributed by atoms with Gasteiger partial charge in [-0.25, -0.2) is 4.98 Å². The SMILES string of the molecule is CC1CCc2c(sc3nc(C(C)N4CCN(c5cccc(C(F)(F)F)c5)CC4)[nH]c(=O)c23)C1. The smallest absolute Gasteiger partial charge is 0.369 e. The first kappa shape index (κ1) is 22.4. The summed E-state index contributed by atoms with van der Waals surface area (Å²) in [6.07, 6.45) is -1.29. The Morgan fingerprint density at radius 3 is 2.70 bits per heavy atom. The van der Waals surface area contributed by atoms with Gasteiger partial charge in [-0.2, -0.15) is 13.2 Å². The lowest BCUT2D eigenvalue weighted by Gasteiger charge is -2.38. The topological polar surface area (TPSA) is 52.2 Å². The van der Waals surface area contributed by atoms with Crippen LogP contribution in [-0.4, -0.2) is 41.0 Å². The normalized spacial score (nSPS) is 20.8. The molecule has 1 N–H and O–H groups in total. The minimum Gasteiger partial charge on any atom is -0.369 e. The van der Waals surface area contributed by atoms with E-state index in [1.165, 1.54) is 22.6 Å². The molecule has 0 radical (unpaired) electrons. The number of thiophene rings is 1. The second-order valence-electron chi connectivity index (χ2n) is 9.23. The molecule has 9 heteroatoms. The van der Waals surface area contributed by atoms with Crippen molar-refractivity contribution >= 4 is 27.2 Å². The second kappa shape index (κ2) is 8.43. The van der Waals surface area contributed by atoms with Crippen molar-refractivity contribution in [2.24, 2.45) is 5.92 Å². The van der Waals surface area contributed by atoms with E-state index in [1.54, 1.807) is 17.4 Å². The van der Waals surface area contributed by atoms with Crippen molar-refractivity contribution < 1.29 is 13.2 Å². The standard InChI is InChI=1S/C24H27F3N4OS/c1-14-6-7-18-19(12-14)33-23-20(18)22(32)28-21(29-23)15(2)30-8-10-31(11-9-30)17-5-3-4-16(13-17)24(25,26)27/h3-5,13-15H,6-12H2,1-2H3,(H,28,29,32). The third-order valence-corrected chi connectivity index (χ3v) is 8.13. The molecule has 0 bridgehead atoms. The number of hydrogen-bond donors (Lipinski definition) is 1. The fourth-order valence-electron chi connectivity index (χ4n) is 4.98. The number of nitrogens with one attached hydrogen (secondary N) is 1. The maximum absolute atomic E-state index is 13.1. The molecule has 2 aliphatic rings. The van der Waals surface area contributed by atoms with Gasteiger partial charge in [-0.05, 0) is 55.9 Å². The first-order valence-electron chi connectivity index (χ1n) is 11.4. The highest BCUT2D eigenvalue weighted by molar-refractivity contribution is 7.18. The first-order chi connectivity index (χ1) is 15.7. The average molecular weight is 477 g/mol. The third kappa shape index (κ3) is 4.28. The maximum Gasteiger partial charge on any atom is 0.416 e. The van der Waals surface area contributed by atoms with Crippen LogP contribution < -0.4 is 10.5 Å². The summed E-state index contributed by atoms with van der Waals surface area (Å²) in [4.78, 5) is 27.1. The zero-order chi connectivity index (χ0) is 23.3. The number of alkyl halides is 3. The van der Waals surface area contributed by atoms with Gasteiger partial charge >= 0.3 is 6.18 Å². The molecule has 33 heavy (non-hydrogen) atoms. The molecule has 1 fully saturated rings. The van der Waals surface area contributed by atoms with Crippen molar-refractivity contribution in [1.29, 1.82) is 0 Å². The highest BCUT2D eigenvalue weighted by Crippen LogP contribution is 2.36. The molecule has 0 amide bonds. The van der Waals surface area contributed by atoms with Gasteiger partial charge in [0.1, 0.15) is 10.7 Å². The summed E-state index contributed by atoms with van der Waals surface area (Å²) in [5, 5.41) is 0.757. The number of aromatic amines is 1. The molecule has 2 atom stereocenters. The van der Waals surface area contributed by atoms with E-state index in [2.05, 4.69) is 16.8 Å². The zero-order valence-corrected chi connectivity index (χ0v) is 19.5. The number of benzene rings is 1. The number of aromatic nitrogens is 2. The molecule has 1 saturated heterocycles. The van der Waals surface area contributed by atoms with Crippen molar-refractivity contribution in [3.63, 3.8) is 0 Å². The van der Waals surface area contributed by atoms with Crippen LogP contribution in [0.3, 0.4) is 0 Å². The van der Waals surface area contributed by atoms with Gasteiger partial charge in [0, 0.05) is 36.7 Å². The maximum atomic E-state index is 13.1. The molecule has 3 heterocycles. The van der Waals surface area contributed by atoms with Gasteiger partial charge in [-0.15, -0.1) is 11.3 Å². The summed E-state index contributed by atoms with van der Waals surface area (Å²) in [7, 11) is 0. The van der Waals surface area contributed by atoms with E-state index >= 15 is 0 Å². The van der Waals surface area contributed by atoms with E-state index < -0.39 is 11.7 Å². The van der Waals surface area contributed by atoms with Crippen molar-refractivity contribution in [3.8, 4) is 0 Å². The Morgan fingerprint density at radius 1 is 1.21 bits per heavy atom. The average Bonchev–Trinajstić information content (AvgIpc) is 3.16. The zero-order valence-electron chi connectivity index (χ0n) is 18.7. The first-order valence-corrected chi connectivity index (χ1v) is 12.2. The van der Waals surface area contributed by atoms with Crippen LogP contribution in [-0.2, 0) is 19.0 Å². The predicted octanol–water partition coefficient (Wildman–Crippen LogP) is 5.01. The van der Waals surface area contributed by atoms with Gasteiger partial charge in [0.2, 0.25) is 0 Å². The highest BCUT2D eigenvalue weighted by atomic mass is 32.1. The molecule has 1 aliphatic carbocycles. The van der Waals surface area contributed by atoms with Crippen LogP contribution in [0.1, 0.15) is 48.1 Å². The van der Waals surface area contributed by atoms with E-state index in [0.717, 1.165) is 35.5 Å². The third-order valence-electron chi connectivity index (χ3n) is 6.98. The van der Waals surface area contributed by atoms with E-state index in [4.69, 9.17) is 4.98 Å². The fraction of sp³-hybridized carbons (Fsp3) is 0.500. The van der Waals surface area contributed by atoms with Crippen LogP contribution in [0.15, 0.2) is 29.1 Å².